The standard InChI is InChI=1S/C14H18ClN3O2S.ClH/c1-14(5-7-17-8-6-14)10-18-21(19,20)13-4-2-3-12(15)11(13)9-16;/h2-4,17-18H,5-8,10H2,1H3;1H. The molecule has 1 saturated heterocycles. The third-order valence-electron chi connectivity index (χ3n) is 3.88. The van der Waals surface area contributed by atoms with Crippen molar-refractivity contribution >= 4 is 34.0 Å². The fourth-order valence-corrected chi connectivity index (χ4v) is 4.04. The number of halogens is 2. The highest BCUT2D eigenvalue weighted by Crippen LogP contribution is 2.28. The van der Waals surface area contributed by atoms with Crippen LogP contribution in [0.4, 0.5) is 0 Å². The van der Waals surface area contributed by atoms with Gasteiger partial charge in [0.1, 0.15) is 11.0 Å². The van der Waals surface area contributed by atoms with Gasteiger partial charge in [0.2, 0.25) is 10.0 Å². The summed E-state index contributed by atoms with van der Waals surface area (Å²) in [6.45, 7) is 4.20. The molecule has 0 bridgehead atoms. The van der Waals surface area contributed by atoms with E-state index in [2.05, 4.69) is 17.0 Å². The zero-order valence-corrected chi connectivity index (χ0v) is 14.6. The molecule has 0 saturated carbocycles. The molecular weight excluding hydrogens is 345 g/mol. The maximum Gasteiger partial charge on any atom is 0.241 e. The van der Waals surface area contributed by atoms with E-state index in [9.17, 15) is 8.42 Å². The van der Waals surface area contributed by atoms with Gasteiger partial charge in [0.25, 0.3) is 0 Å². The summed E-state index contributed by atoms with van der Waals surface area (Å²) in [5, 5.41) is 12.5. The summed E-state index contributed by atoms with van der Waals surface area (Å²) < 4.78 is 27.4. The molecule has 1 aromatic rings. The summed E-state index contributed by atoms with van der Waals surface area (Å²) in [6, 6.07) is 6.30. The fraction of sp³-hybridized carbons (Fsp3) is 0.500. The maximum atomic E-state index is 12.4. The summed E-state index contributed by atoms with van der Waals surface area (Å²) in [5.74, 6) is 0. The number of piperidine rings is 1. The Bertz CT molecular complexity index is 665. The summed E-state index contributed by atoms with van der Waals surface area (Å²) >= 11 is 5.89. The van der Waals surface area contributed by atoms with Crippen molar-refractivity contribution in [1.82, 2.24) is 10.0 Å². The molecule has 1 heterocycles. The molecule has 1 aliphatic rings. The van der Waals surface area contributed by atoms with Crippen molar-refractivity contribution < 1.29 is 8.42 Å². The molecule has 0 aliphatic carbocycles. The lowest BCUT2D eigenvalue weighted by Gasteiger charge is -2.34. The molecule has 0 atom stereocenters. The summed E-state index contributed by atoms with van der Waals surface area (Å²) in [4.78, 5) is -0.0602. The van der Waals surface area contributed by atoms with Gasteiger partial charge < -0.3 is 5.32 Å². The fourth-order valence-electron chi connectivity index (χ4n) is 2.39. The highest BCUT2D eigenvalue weighted by molar-refractivity contribution is 7.89. The molecule has 8 heteroatoms. The molecule has 0 spiro atoms. The van der Waals surface area contributed by atoms with Crippen LogP contribution in [-0.4, -0.2) is 28.1 Å². The Morgan fingerprint density at radius 2 is 2.05 bits per heavy atom. The number of benzene rings is 1. The Balaban J connectivity index is 0.00000242. The van der Waals surface area contributed by atoms with Crippen molar-refractivity contribution in [1.29, 1.82) is 5.26 Å². The van der Waals surface area contributed by atoms with E-state index in [4.69, 9.17) is 16.9 Å². The predicted molar refractivity (Wildman–Crippen MR) is 88.8 cm³/mol. The topological polar surface area (TPSA) is 82.0 Å². The van der Waals surface area contributed by atoms with Crippen LogP contribution in [0.1, 0.15) is 25.3 Å². The predicted octanol–water partition coefficient (Wildman–Crippen LogP) is 2.30. The lowest BCUT2D eigenvalue weighted by atomic mass is 9.81. The maximum absolute atomic E-state index is 12.4. The van der Waals surface area contributed by atoms with E-state index < -0.39 is 10.0 Å². The van der Waals surface area contributed by atoms with Crippen LogP contribution >= 0.6 is 24.0 Å². The van der Waals surface area contributed by atoms with Crippen LogP contribution in [0, 0.1) is 16.7 Å². The highest BCUT2D eigenvalue weighted by atomic mass is 35.5. The molecule has 0 aromatic heterocycles. The first kappa shape index (κ1) is 19.2. The minimum absolute atomic E-state index is 0. The molecule has 1 aliphatic heterocycles. The normalized spacial score (nSPS) is 17.3. The van der Waals surface area contributed by atoms with Crippen LogP contribution < -0.4 is 10.0 Å². The molecule has 0 unspecified atom stereocenters. The van der Waals surface area contributed by atoms with E-state index in [1.54, 1.807) is 0 Å². The molecule has 2 rings (SSSR count). The van der Waals surface area contributed by atoms with Gasteiger partial charge in [-0.1, -0.05) is 24.6 Å². The Morgan fingerprint density at radius 3 is 2.64 bits per heavy atom. The molecule has 22 heavy (non-hydrogen) atoms. The van der Waals surface area contributed by atoms with Gasteiger partial charge in [0, 0.05) is 6.54 Å². The van der Waals surface area contributed by atoms with Gasteiger partial charge in [0.15, 0.2) is 0 Å². The van der Waals surface area contributed by atoms with Crippen molar-refractivity contribution in [2.45, 2.75) is 24.7 Å². The van der Waals surface area contributed by atoms with Gasteiger partial charge in [-0.3, -0.25) is 0 Å². The van der Waals surface area contributed by atoms with Crippen LogP contribution in [0.2, 0.25) is 5.02 Å². The number of sulfonamides is 1. The van der Waals surface area contributed by atoms with E-state index in [1.165, 1.54) is 18.2 Å². The zero-order chi connectivity index (χ0) is 15.5. The summed E-state index contributed by atoms with van der Waals surface area (Å²) in [7, 11) is -3.74. The molecule has 2 N–H and O–H groups in total. The lowest BCUT2D eigenvalue weighted by molar-refractivity contribution is 0.232. The van der Waals surface area contributed by atoms with E-state index in [0.717, 1.165) is 25.9 Å². The molecule has 1 fully saturated rings. The molecule has 0 radical (unpaired) electrons. The molecule has 122 valence electrons. The van der Waals surface area contributed by atoms with Gasteiger partial charge in [-0.15, -0.1) is 12.4 Å². The number of nitrogens with one attached hydrogen (secondary N) is 2. The Labute approximate surface area is 142 Å². The SMILES string of the molecule is CC1(CNS(=O)(=O)c2cccc(Cl)c2C#N)CCNCC1.Cl. The number of nitriles is 1. The number of hydrogen-bond donors (Lipinski definition) is 2. The van der Waals surface area contributed by atoms with Crippen molar-refractivity contribution in [2.24, 2.45) is 5.41 Å². The first-order valence-electron chi connectivity index (χ1n) is 6.77. The van der Waals surface area contributed by atoms with Crippen LogP contribution in [0.15, 0.2) is 23.1 Å². The quantitative estimate of drug-likeness (QED) is 0.859. The van der Waals surface area contributed by atoms with Crippen LogP contribution in [0.5, 0.6) is 0 Å². The van der Waals surface area contributed by atoms with Crippen molar-refractivity contribution in [2.75, 3.05) is 19.6 Å². The third-order valence-corrected chi connectivity index (χ3v) is 5.63. The monoisotopic (exact) mass is 363 g/mol. The second-order valence-corrected chi connectivity index (χ2v) is 7.75. The Kier molecular flexibility index (Phi) is 6.65. The lowest BCUT2D eigenvalue weighted by Crippen LogP contribution is -2.42. The first-order valence-corrected chi connectivity index (χ1v) is 8.63. The highest BCUT2D eigenvalue weighted by Gasteiger charge is 2.29. The van der Waals surface area contributed by atoms with Crippen molar-refractivity contribution in [3.63, 3.8) is 0 Å². The van der Waals surface area contributed by atoms with E-state index in [0.29, 0.717) is 6.54 Å². The summed E-state index contributed by atoms with van der Waals surface area (Å²) in [5.41, 5.74) is -0.0777. The van der Waals surface area contributed by atoms with Crippen LogP contribution in [0.25, 0.3) is 0 Å². The van der Waals surface area contributed by atoms with E-state index >= 15 is 0 Å². The van der Waals surface area contributed by atoms with Crippen LogP contribution in [0.3, 0.4) is 0 Å². The number of hydrogen-bond acceptors (Lipinski definition) is 4. The second kappa shape index (κ2) is 7.62. The smallest absolute Gasteiger partial charge is 0.241 e. The Morgan fingerprint density at radius 1 is 1.41 bits per heavy atom. The van der Waals surface area contributed by atoms with Crippen molar-refractivity contribution in [3.8, 4) is 6.07 Å². The molecule has 1 aromatic carbocycles. The third kappa shape index (κ3) is 4.34. The Hall–Kier alpha value is -0.840. The molecule has 0 amide bonds. The van der Waals surface area contributed by atoms with Gasteiger partial charge in [-0.2, -0.15) is 5.26 Å². The van der Waals surface area contributed by atoms with Gasteiger partial charge in [-0.05, 0) is 43.5 Å². The first-order chi connectivity index (χ1) is 9.88. The zero-order valence-electron chi connectivity index (χ0n) is 12.2. The van der Waals surface area contributed by atoms with Gasteiger partial charge in [-0.25, -0.2) is 13.1 Å². The minimum Gasteiger partial charge on any atom is -0.317 e. The van der Waals surface area contributed by atoms with E-state index in [1.807, 2.05) is 6.07 Å². The average molecular weight is 364 g/mol. The van der Waals surface area contributed by atoms with E-state index in [-0.39, 0.29) is 33.3 Å². The van der Waals surface area contributed by atoms with Crippen LogP contribution in [-0.2, 0) is 10.0 Å². The van der Waals surface area contributed by atoms with Gasteiger partial charge in [0.05, 0.1) is 10.6 Å². The number of nitrogens with zero attached hydrogens (tertiary/aromatic N) is 1. The van der Waals surface area contributed by atoms with Crippen molar-refractivity contribution in [3.05, 3.63) is 28.8 Å². The second-order valence-electron chi connectivity index (χ2n) is 5.61. The minimum atomic E-state index is -3.74. The molecule has 5 nitrogen and oxygen atoms in total. The summed E-state index contributed by atoms with van der Waals surface area (Å²) in [6.07, 6.45) is 1.83. The number of rotatable bonds is 4. The largest absolute Gasteiger partial charge is 0.317 e. The van der Waals surface area contributed by atoms with Gasteiger partial charge >= 0.3 is 0 Å². The molecular formula is C14H19Cl2N3O2S. The average Bonchev–Trinajstić information content (AvgIpc) is 2.46.